The number of pyridine rings is 2. The topological polar surface area (TPSA) is 134 Å². The van der Waals surface area contributed by atoms with Crippen LogP contribution in [0.15, 0.2) is 41.6 Å². The van der Waals surface area contributed by atoms with Crippen LogP contribution in [0.4, 0.5) is 20.3 Å². The number of sulfone groups is 1. The number of aromatic amines is 1. The highest BCUT2D eigenvalue weighted by Gasteiger charge is 2.28. The molecule has 5 rings (SSSR count). The number of aryl methyl sites for hydroxylation is 2. The van der Waals surface area contributed by atoms with Crippen molar-refractivity contribution in [3.05, 3.63) is 75.5 Å². The standard InChI is InChI=1S/C23H20F2N4O3S.C9H19ClN2O/c1-12-4-19-16(5-13(12)11-33(3,31)32)17-10-28(2)23(30)21-20(17)14(7-26-21)9-29(19)22-18(25)6-15(24)8-27-22;10-5-8-12(9-13)7-4-2-1-3-6-11/h4-8,10,26H,9,11H2,1-3H3;9H,1-8,11H2. The van der Waals surface area contributed by atoms with Crippen LogP contribution in [-0.4, -0.2) is 66.0 Å². The molecule has 14 heteroatoms. The van der Waals surface area contributed by atoms with Crippen LogP contribution in [0.2, 0.25) is 0 Å². The molecule has 4 heterocycles. The molecule has 0 spiro atoms. The number of carbonyl (C=O) groups excluding carboxylic acids is 1. The fourth-order valence-electron chi connectivity index (χ4n) is 5.57. The van der Waals surface area contributed by atoms with Crippen molar-refractivity contribution in [3.63, 3.8) is 0 Å². The molecule has 0 saturated heterocycles. The molecule has 248 valence electrons. The summed E-state index contributed by atoms with van der Waals surface area (Å²) in [6, 6.07) is 4.32. The highest BCUT2D eigenvalue weighted by molar-refractivity contribution is 7.89. The van der Waals surface area contributed by atoms with Crippen molar-refractivity contribution in [2.24, 2.45) is 12.8 Å². The summed E-state index contributed by atoms with van der Waals surface area (Å²) in [6.07, 6.45) is 10.8. The number of amides is 1. The van der Waals surface area contributed by atoms with Crippen LogP contribution in [0.5, 0.6) is 0 Å². The van der Waals surface area contributed by atoms with E-state index in [4.69, 9.17) is 17.3 Å². The third-order valence-corrected chi connectivity index (χ3v) is 8.84. The number of unbranched alkanes of at least 4 members (excludes halogenated alkanes) is 3. The van der Waals surface area contributed by atoms with E-state index in [0.717, 1.165) is 69.3 Å². The summed E-state index contributed by atoms with van der Waals surface area (Å²) in [5.74, 6) is -1.33. The Morgan fingerprint density at radius 3 is 2.52 bits per heavy atom. The van der Waals surface area contributed by atoms with E-state index in [9.17, 15) is 26.8 Å². The predicted octanol–water partition coefficient (Wildman–Crippen LogP) is 4.91. The molecule has 0 saturated carbocycles. The average molecular weight is 677 g/mol. The Bertz CT molecular complexity index is 1880. The van der Waals surface area contributed by atoms with Crippen LogP contribution in [0.25, 0.3) is 22.0 Å². The highest BCUT2D eigenvalue weighted by atomic mass is 35.5. The van der Waals surface area contributed by atoms with Crippen molar-refractivity contribution in [1.29, 1.82) is 0 Å². The van der Waals surface area contributed by atoms with Crippen molar-refractivity contribution in [1.82, 2.24) is 19.4 Å². The number of aromatic nitrogens is 3. The minimum atomic E-state index is -3.32. The Morgan fingerprint density at radius 2 is 1.87 bits per heavy atom. The minimum absolute atomic E-state index is 0.0678. The molecular weight excluding hydrogens is 638 g/mol. The number of anilines is 2. The fraction of sp³-hybridized carbons (Fsp3) is 0.406. The minimum Gasteiger partial charge on any atom is -0.356 e. The summed E-state index contributed by atoms with van der Waals surface area (Å²) in [6.45, 7) is 4.20. The normalized spacial score (nSPS) is 12.4. The van der Waals surface area contributed by atoms with Crippen LogP contribution < -0.4 is 16.2 Å². The number of nitrogens with one attached hydrogen (secondary N) is 1. The van der Waals surface area contributed by atoms with Gasteiger partial charge in [-0.3, -0.25) is 9.59 Å². The Morgan fingerprint density at radius 1 is 1.13 bits per heavy atom. The van der Waals surface area contributed by atoms with E-state index in [1.54, 1.807) is 48.3 Å². The number of alkyl halides is 1. The molecule has 4 aromatic rings. The third kappa shape index (κ3) is 8.12. The number of carbonyl (C=O) groups is 1. The Balaban J connectivity index is 0.000000315. The summed E-state index contributed by atoms with van der Waals surface area (Å²) in [7, 11) is -1.69. The molecule has 0 radical (unpaired) electrons. The molecule has 3 aromatic heterocycles. The van der Waals surface area contributed by atoms with E-state index in [-0.39, 0.29) is 23.7 Å². The van der Waals surface area contributed by atoms with Crippen LogP contribution >= 0.6 is 11.6 Å². The van der Waals surface area contributed by atoms with Crippen LogP contribution in [0.1, 0.15) is 42.4 Å². The maximum atomic E-state index is 14.9. The lowest BCUT2D eigenvalue weighted by Gasteiger charge is -2.26. The average Bonchev–Trinajstić information content (AvgIpc) is 3.37. The van der Waals surface area contributed by atoms with E-state index >= 15 is 0 Å². The lowest BCUT2D eigenvalue weighted by atomic mass is 9.97. The van der Waals surface area contributed by atoms with E-state index in [1.165, 1.54) is 4.57 Å². The van der Waals surface area contributed by atoms with Gasteiger partial charge in [0, 0.05) is 67.2 Å². The summed E-state index contributed by atoms with van der Waals surface area (Å²) in [5, 5.41) is 0.679. The first kappa shape index (κ1) is 35.1. The van der Waals surface area contributed by atoms with Gasteiger partial charge < -0.3 is 25.1 Å². The molecule has 1 aromatic carbocycles. The molecule has 0 atom stereocenters. The summed E-state index contributed by atoms with van der Waals surface area (Å²) in [4.78, 5) is 33.6. The quantitative estimate of drug-likeness (QED) is 0.124. The number of hydrogen-bond donors (Lipinski definition) is 2. The van der Waals surface area contributed by atoms with Gasteiger partial charge in [-0.05, 0) is 55.1 Å². The number of halogens is 3. The number of nitrogens with two attached hydrogens (primary N) is 1. The van der Waals surface area contributed by atoms with Gasteiger partial charge >= 0.3 is 0 Å². The number of fused-ring (bicyclic) bond motifs is 2. The van der Waals surface area contributed by atoms with E-state index in [2.05, 4.69) is 9.97 Å². The summed E-state index contributed by atoms with van der Waals surface area (Å²) >= 11 is 5.52. The van der Waals surface area contributed by atoms with Gasteiger partial charge in [0.25, 0.3) is 5.56 Å². The molecule has 0 fully saturated rings. The third-order valence-electron chi connectivity index (χ3n) is 7.83. The first-order valence-corrected chi connectivity index (χ1v) is 17.5. The molecule has 1 amide bonds. The Hall–Kier alpha value is -3.81. The van der Waals surface area contributed by atoms with Gasteiger partial charge in [0.2, 0.25) is 6.41 Å². The second-order valence-electron chi connectivity index (χ2n) is 11.5. The molecule has 0 aliphatic carbocycles. The first-order valence-electron chi connectivity index (χ1n) is 14.9. The van der Waals surface area contributed by atoms with Gasteiger partial charge in [-0.2, -0.15) is 0 Å². The van der Waals surface area contributed by atoms with Crippen LogP contribution in [0.3, 0.4) is 0 Å². The molecule has 0 bridgehead atoms. The zero-order chi connectivity index (χ0) is 33.6. The number of nitrogens with zero attached hydrogens (tertiary/aromatic N) is 4. The molecule has 0 unspecified atom stereocenters. The first-order chi connectivity index (χ1) is 21.9. The monoisotopic (exact) mass is 676 g/mol. The maximum Gasteiger partial charge on any atom is 0.274 e. The Labute approximate surface area is 272 Å². The zero-order valence-corrected chi connectivity index (χ0v) is 27.7. The second kappa shape index (κ2) is 15.2. The van der Waals surface area contributed by atoms with Gasteiger partial charge in [-0.1, -0.05) is 12.8 Å². The lowest BCUT2D eigenvalue weighted by Crippen LogP contribution is -2.25. The van der Waals surface area contributed by atoms with E-state index in [1.807, 2.05) is 0 Å². The van der Waals surface area contributed by atoms with Crippen molar-refractivity contribution in [2.45, 2.75) is 44.9 Å². The van der Waals surface area contributed by atoms with Crippen LogP contribution in [0, 0.1) is 18.6 Å². The maximum absolute atomic E-state index is 14.9. The molecule has 3 N–H and O–H groups in total. The lowest BCUT2D eigenvalue weighted by molar-refractivity contribution is -0.118. The smallest absolute Gasteiger partial charge is 0.274 e. The predicted molar refractivity (Wildman–Crippen MR) is 178 cm³/mol. The molecule has 46 heavy (non-hydrogen) atoms. The molecule has 1 aliphatic rings. The SMILES string of the molecule is Cc1cc2c(cc1CS(C)(=O)=O)-c1cn(C)c(=O)c3[nH]cc(c13)CN2c1ncc(F)cc1F.NCCCCCCN(C=O)CCCl. The highest BCUT2D eigenvalue weighted by Crippen LogP contribution is 2.44. The van der Waals surface area contributed by atoms with Crippen molar-refractivity contribution in [3.8, 4) is 11.1 Å². The van der Waals surface area contributed by atoms with Gasteiger partial charge in [0.15, 0.2) is 21.5 Å². The molecular formula is C32H39ClF2N6O4S. The van der Waals surface area contributed by atoms with Crippen molar-refractivity contribution in [2.75, 3.05) is 36.7 Å². The number of rotatable bonds is 12. The van der Waals surface area contributed by atoms with Crippen LogP contribution in [-0.2, 0) is 34.0 Å². The van der Waals surface area contributed by atoms with E-state index in [0.29, 0.717) is 51.3 Å². The van der Waals surface area contributed by atoms with Gasteiger partial charge in [0.05, 0.1) is 24.2 Å². The van der Waals surface area contributed by atoms with Crippen molar-refractivity contribution >= 4 is 50.3 Å². The van der Waals surface area contributed by atoms with Gasteiger partial charge in [0.1, 0.15) is 11.3 Å². The Kier molecular flexibility index (Phi) is 11.6. The molecule has 10 nitrogen and oxygen atoms in total. The molecule has 1 aliphatic heterocycles. The fourth-order valence-corrected chi connectivity index (χ4v) is 6.66. The van der Waals surface area contributed by atoms with E-state index < -0.39 is 21.5 Å². The number of H-pyrrole nitrogens is 1. The zero-order valence-electron chi connectivity index (χ0n) is 26.2. The summed E-state index contributed by atoms with van der Waals surface area (Å²) in [5.41, 5.74) is 9.51. The number of benzene rings is 1. The van der Waals surface area contributed by atoms with Gasteiger partial charge in [-0.15, -0.1) is 11.6 Å². The second-order valence-corrected chi connectivity index (χ2v) is 14.0. The van der Waals surface area contributed by atoms with Crippen molar-refractivity contribution < 1.29 is 22.0 Å². The number of hydrogen-bond acceptors (Lipinski definition) is 7. The largest absolute Gasteiger partial charge is 0.356 e. The summed E-state index contributed by atoms with van der Waals surface area (Å²) < 4.78 is 54.0. The van der Waals surface area contributed by atoms with Gasteiger partial charge in [-0.25, -0.2) is 22.2 Å².